The normalized spacial score (nSPS) is 23.8. The van der Waals surface area contributed by atoms with Crippen LogP contribution in [0, 0.1) is 23.7 Å². The molecule has 0 saturated heterocycles. The van der Waals surface area contributed by atoms with Gasteiger partial charge in [-0.25, -0.2) is 18.1 Å². The Kier molecular flexibility index (Phi) is 5.77. The van der Waals surface area contributed by atoms with E-state index in [1.165, 1.54) is 17.3 Å². The number of hydrogen-bond acceptors (Lipinski definition) is 3. The van der Waals surface area contributed by atoms with Crippen LogP contribution in [-0.2, 0) is 23.5 Å². The minimum absolute atomic E-state index is 0.247. The van der Waals surface area contributed by atoms with Gasteiger partial charge in [-0.2, -0.15) is 0 Å². The van der Waals surface area contributed by atoms with Crippen molar-refractivity contribution in [1.29, 1.82) is 0 Å². The molecule has 0 radical (unpaired) electrons. The number of para-hydroxylation sites is 2. The van der Waals surface area contributed by atoms with Gasteiger partial charge in [0.25, 0.3) is 0 Å². The van der Waals surface area contributed by atoms with Crippen LogP contribution in [0.15, 0.2) is 35.9 Å². The number of sulfonamides is 1. The Morgan fingerprint density at radius 1 is 1.30 bits per heavy atom. The Morgan fingerprint density at radius 2 is 2.00 bits per heavy atom. The fourth-order valence-corrected chi connectivity index (χ4v) is 4.85. The fourth-order valence-electron chi connectivity index (χ4n) is 4.35. The summed E-state index contributed by atoms with van der Waals surface area (Å²) in [4.78, 5) is 4.84. The number of imidazole rings is 1. The van der Waals surface area contributed by atoms with Crippen molar-refractivity contribution >= 4 is 21.1 Å². The van der Waals surface area contributed by atoms with E-state index in [9.17, 15) is 8.42 Å². The molecular weight excluding hydrogens is 358 g/mol. The van der Waals surface area contributed by atoms with Crippen LogP contribution in [0.2, 0.25) is 0 Å². The topological polar surface area (TPSA) is 64.0 Å². The summed E-state index contributed by atoms with van der Waals surface area (Å²) < 4.78 is 27.9. The van der Waals surface area contributed by atoms with Gasteiger partial charge in [0, 0.05) is 20.0 Å². The Morgan fingerprint density at radius 3 is 2.63 bits per heavy atom. The lowest BCUT2D eigenvalue weighted by Crippen LogP contribution is -2.36. The zero-order chi connectivity index (χ0) is 19.8. The van der Waals surface area contributed by atoms with E-state index in [0.717, 1.165) is 24.2 Å². The van der Waals surface area contributed by atoms with Crippen LogP contribution >= 0.6 is 0 Å². The number of aryl methyl sites for hydroxylation is 1. The second-order valence-corrected chi connectivity index (χ2v) is 10.1. The highest BCUT2D eigenvalue weighted by Crippen LogP contribution is 2.38. The Balaban J connectivity index is 1.82. The smallest absolute Gasteiger partial charge is 0.208 e. The molecule has 0 fully saturated rings. The average molecular weight is 390 g/mol. The second kappa shape index (κ2) is 7.76. The summed E-state index contributed by atoms with van der Waals surface area (Å²) in [6.07, 6.45) is 5.51. The third-order valence-electron chi connectivity index (χ3n) is 5.97. The van der Waals surface area contributed by atoms with E-state index < -0.39 is 10.0 Å². The van der Waals surface area contributed by atoms with Crippen molar-refractivity contribution < 1.29 is 8.42 Å². The number of benzene rings is 1. The molecule has 2 aromatic rings. The molecule has 1 aliphatic carbocycles. The molecule has 1 aromatic heterocycles. The fraction of sp³-hybridized carbons (Fsp3) is 0.571. The van der Waals surface area contributed by atoms with E-state index in [1.807, 2.05) is 12.1 Å². The Bertz CT molecular complexity index is 943. The quantitative estimate of drug-likeness (QED) is 0.769. The highest BCUT2D eigenvalue weighted by Gasteiger charge is 2.32. The zero-order valence-corrected chi connectivity index (χ0v) is 17.8. The molecule has 1 aromatic carbocycles. The van der Waals surface area contributed by atoms with Crippen molar-refractivity contribution in [2.75, 3.05) is 12.8 Å². The van der Waals surface area contributed by atoms with Gasteiger partial charge in [0.2, 0.25) is 10.0 Å². The van der Waals surface area contributed by atoms with Gasteiger partial charge in [-0.3, -0.25) is 0 Å². The minimum atomic E-state index is -3.17. The van der Waals surface area contributed by atoms with Crippen molar-refractivity contribution in [3.8, 4) is 0 Å². The number of nitrogens with one attached hydrogen (secondary N) is 1. The molecule has 1 heterocycles. The van der Waals surface area contributed by atoms with Crippen molar-refractivity contribution in [3.05, 3.63) is 41.7 Å². The lowest BCUT2D eigenvalue weighted by Gasteiger charge is -2.37. The Labute approximate surface area is 162 Å². The molecule has 1 aliphatic rings. The van der Waals surface area contributed by atoms with Gasteiger partial charge in [-0.15, -0.1) is 0 Å². The molecule has 1 N–H and O–H groups in total. The van der Waals surface area contributed by atoms with E-state index in [0.29, 0.717) is 24.3 Å². The third kappa shape index (κ3) is 4.61. The summed E-state index contributed by atoms with van der Waals surface area (Å²) in [6.45, 7) is 7.13. The molecule has 5 nitrogen and oxygen atoms in total. The third-order valence-corrected chi connectivity index (χ3v) is 6.66. The standard InChI is InChI=1S/C21H31N3O2S/c1-14(2)18-11-16(15(3)10-17(18)13-22-27(5,25)26)12-21-23-19-8-6-7-9-20(19)24(21)4/h6-10,14,16-18,22H,11-13H2,1-5H3/t16-,17-,18-/m0/s1. The molecule has 3 rings (SSSR count). The first-order chi connectivity index (χ1) is 12.7. The molecular formula is C21H31N3O2S. The lowest BCUT2D eigenvalue weighted by atomic mass is 9.70. The predicted molar refractivity (Wildman–Crippen MR) is 111 cm³/mol. The summed E-state index contributed by atoms with van der Waals surface area (Å²) in [5, 5.41) is 0. The molecule has 0 unspecified atom stereocenters. The van der Waals surface area contributed by atoms with E-state index in [4.69, 9.17) is 4.98 Å². The zero-order valence-electron chi connectivity index (χ0n) is 16.9. The van der Waals surface area contributed by atoms with Gasteiger partial charge in [-0.05, 0) is 49.1 Å². The van der Waals surface area contributed by atoms with Crippen LogP contribution in [0.5, 0.6) is 0 Å². The van der Waals surface area contributed by atoms with Crippen LogP contribution in [0.25, 0.3) is 11.0 Å². The highest BCUT2D eigenvalue weighted by atomic mass is 32.2. The maximum absolute atomic E-state index is 11.5. The molecule has 0 aliphatic heterocycles. The lowest BCUT2D eigenvalue weighted by molar-refractivity contribution is 0.226. The molecule has 0 bridgehead atoms. The molecule has 0 spiro atoms. The van der Waals surface area contributed by atoms with Gasteiger partial charge < -0.3 is 4.57 Å². The number of nitrogens with zero attached hydrogens (tertiary/aromatic N) is 2. The number of rotatable bonds is 6. The summed E-state index contributed by atoms with van der Waals surface area (Å²) in [5.41, 5.74) is 3.56. The largest absolute Gasteiger partial charge is 0.331 e. The monoisotopic (exact) mass is 389 g/mol. The van der Waals surface area contributed by atoms with Gasteiger partial charge in [0.05, 0.1) is 17.3 Å². The Hall–Kier alpha value is -1.66. The summed E-state index contributed by atoms with van der Waals surface area (Å²) in [6, 6.07) is 8.25. The average Bonchev–Trinajstić information content (AvgIpc) is 2.90. The first-order valence-electron chi connectivity index (χ1n) is 9.69. The SMILES string of the molecule is CC1=C[C@@H](CNS(C)(=O)=O)[C@H](C(C)C)C[C@H]1Cc1nc2ccccc2n1C. The van der Waals surface area contributed by atoms with Crippen LogP contribution in [0.4, 0.5) is 0 Å². The van der Waals surface area contributed by atoms with Crippen LogP contribution in [0.1, 0.15) is 33.0 Å². The van der Waals surface area contributed by atoms with Crippen molar-refractivity contribution in [1.82, 2.24) is 14.3 Å². The summed E-state index contributed by atoms with van der Waals surface area (Å²) in [7, 11) is -1.08. The summed E-state index contributed by atoms with van der Waals surface area (Å²) in [5.74, 6) is 2.77. The van der Waals surface area contributed by atoms with Gasteiger partial charge in [0.1, 0.15) is 5.82 Å². The van der Waals surface area contributed by atoms with Gasteiger partial charge >= 0.3 is 0 Å². The molecule has 6 heteroatoms. The van der Waals surface area contributed by atoms with Crippen LogP contribution in [-0.4, -0.2) is 30.8 Å². The van der Waals surface area contributed by atoms with Gasteiger partial charge in [0.15, 0.2) is 0 Å². The molecule has 148 valence electrons. The van der Waals surface area contributed by atoms with Crippen molar-refractivity contribution in [2.45, 2.75) is 33.6 Å². The van der Waals surface area contributed by atoms with E-state index in [-0.39, 0.29) is 5.92 Å². The molecule has 0 amide bonds. The van der Waals surface area contributed by atoms with Gasteiger partial charge in [-0.1, -0.05) is 37.6 Å². The predicted octanol–water partition coefficient (Wildman–Crippen LogP) is 3.52. The maximum Gasteiger partial charge on any atom is 0.208 e. The van der Waals surface area contributed by atoms with Crippen molar-refractivity contribution in [2.24, 2.45) is 30.7 Å². The number of allylic oxidation sites excluding steroid dienone is 1. The molecule has 3 atom stereocenters. The molecule has 0 saturated carbocycles. The van der Waals surface area contributed by atoms with Crippen molar-refractivity contribution in [3.63, 3.8) is 0 Å². The first kappa shape index (κ1) is 20.1. The van der Waals surface area contributed by atoms with Crippen LogP contribution < -0.4 is 4.72 Å². The molecule has 27 heavy (non-hydrogen) atoms. The summed E-state index contributed by atoms with van der Waals surface area (Å²) >= 11 is 0. The van der Waals surface area contributed by atoms with E-state index in [1.54, 1.807) is 0 Å². The first-order valence-corrected chi connectivity index (χ1v) is 11.6. The number of aromatic nitrogens is 2. The maximum atomic E-state index is 11.5. The number of fused-ring (bicyclic) bond motifs is 1. The number of hydrogen-bond donors (Lipinski definition) is 1. The minimum Gasteiger partial charge on any atom is -0.331 e. The van der Waals surface area contributed by atoms with E-state index >= 15 is 0 Å². The van der Waals surface area contributed by atoms with Crippen LogP contribution in [0.3, 0.4) is 0 Å². The van der Waals surface area contributed by atoms with E-state index in [2.05, 4.69) is 55.3 Å². The second-order valence-electron chi connectivity index (χ2n) is 8.32. The highest BCUT2D eigenvalue weighted by molar-refractivity contribution is 7.88.